The van der Waals surface area contributed by atoms with Crippen molar-refractivity contribution in [1.29, 1.82) is 0 Å². The van der Waals surface area contributed by atoms with Gasteiger partial charge in [-0.05, 0) is 12.8 Å². The zero-order chi connectivity index (χ0) is 22.5. The molecule has 0 radical (unpaired) electrons. The summed E-state index contributed by atoms with van der Waals surface area (Å²) in [6, 6.07) is 12.1. The van der Waals surface area contributed by atoms with Crippen molar-refractivity contribution in [2.45, 2.75) is 19.3 Å². The van der Waals surface area contributed by atoms with Gasteiger partial charge in [0.15, 0.2) is 0 Å². The molecule has 4 aromatic rings. The van der Waals surface area contributed by atoms with E-state index >= 15 is 0 Å². The second-order valence-electron chi connectivity index (χ2n) is 8.02. The van der Waals surface area contributed by atoms with Gasteiger partial charge in [0.25, 0.3) is 0 Å². The first kappa shape index (κ1) is 21.3. The number of rotatable bonds is 7. The lowest BCUT2D eigenvalue weighted by atomic mass is 9.96. The molecule has 4 heterocycles. The van der Waals surface area contributed by atoms with Gasteiger partial charge < -0.3 is 10.2 Å². The first-order valence-electron chi connectivity index (χ1n) is 11.1. The molecular formula is C24H25N7OS. The molecule has 0 bridgehead atoms. The van der Waals surface area contributed by atoms with E-state index in [4.69, 9.17) is 4.98 Å². The van der Waals surface area contributed by atoms with Crippen LogP contribution in [0.5, 0.6) is 0 Å². The van der Waals surface area contributed by atoms with Gasteiger partial charge in [0.05, 0.1) is 5.69 Å². The molecule has 0 spiro atoms. The molecule has 5 rings (SSSR count). The molecule has 168 valence electrons. The quantitative estimate of drug-likeness (QED) is 0.456. The fourth-order valence-electron chi connectivity index (χ4n) is 4.01. The predicted octanol–water partition coefficient (Wildman–Crippen LogP) is 3.36. The molecule has 9 heteroatoms. The van der Waals surface area contributed by atoms with Gasteiger partial charge in [-0.3, -0.25) is 9.36 Å². The molecule has 1 N–H and O–H groups in total. The molecule has 8 nitrogen and oxygen atoms in total. The van der Waals surface area contributed by atoms with Crippen LogP contribution in [-0.2, 0) is 11.2 Å². The third-order valence-electron chi connectivity index (χ3n) is 5.85. The molecule has 0 atom stereocenters. The summed E-state index contributed by atoms with van der Waals surface area (Å²) in [4.78, 5) is 32.4. The van der Waals surface area contributed by atoms with Crippen LogP contribution in [0.25, 0.3) is 16.4 Å². The number of amides is 1. The summed E-state index contributed by atoms with van der Waals surface area (Å²) in [7, 11) is 0. The Hall–Kier alpha value is -3.59. The van der Waals surface area contributed by atoms with E-state index in [9.17, 15) is 4.79 Å². The maximum absolute atomic E-state index is 12.7. The van der Waals surface area contributed by atoms with Gasteiger partial charge in [-0.2, -0.15) is 0 Å². The lowest BCUT2D eigenvalue weighted by molar-refractivity contribution is -0.125. The van der Waals surface area contributed by atoms with E-state index in [0.29, 0.717) is 6.54 Å². The van der Waals surface area contributed by atoms with Crippen LogP contribution < -0.4 is 10.2 Å². The Labute approximate surface area is 196 Å². The third kappa shape index (κ3) is 5.09. The minimum atomic E-state index is 0.0338. The van der Waals surface area contributed by atoms with Crippen LogP contribution >= 0.6 is 11.3 Å². The highest BCUT2D eigenvalue weighted by Crippen LogP contribution is 2.24. The van der Waals surface area contributed by atoms with E-state index in [1.165, 1.54) is 0 Å². The van der Waals surface area contributed by atoms with Crippen molar-refractivity contribution in [3.05, 3.63) is 72.5 Å². The maximum atomic E-state index is 12.7. The van der Waals surface area contributed by atoms with E-state index in [1.807, 2.05) is 35.0 Å². The molecule has 0 aliphatic carbocycles. The smallest absolute Gasteiger partial charge is 0.223 e. The number of thiazole rings is 1. The Morgan fingerprint density at radius 2 is 1.94 bits per heavy atom. The lowest BCUT2D eigenvalue weighted by Gasteiger charge is -2.32. The highest BCUT2D eigenvalue weighted by Gasteiger charge is 2.25. The lowest BCUT2D eigenvalue weighted by Crippen LogP contribution is -2.41. The van der Waals surface area contributed by atoms with Crippen LogP contribution in [0.4, 0.5) is 5.82 Å². The van der Waals surface area contributed by atoms with Gasteiger partial charge in [0, 0.05) is 61.4 Å². The average molecular weight is 460 g/mol. The van der Waals surface area contributed by atoms with E-state index in [1.54, 1.807) is 30.2 Å². The number of nitrogens with one attached hydrogen (secondary N) is 1. The van der Waals surface area contributed by atoms with Crippen molar-refractivity contribution in [3.8, 4) is 16.4 Å². The van der Waals surface area contributed by atoms with E-state index < -0.39 is 0 Å². The van der Waals surface area contributed by atoms with Crippen molar-refractivity contribution in [3.63, 3.8) is 0 Å². The van der Waals surface area contributed by atoms with Gasteiger partial charge in [0.1, 0.15) is 29.3 Å². The zero-order valence-corrected chi connectivity index (χ0v) is 19.0. The number of piperidine rings is 1. The summed E-state index contributed by atoms with van der Waals surface area (Å²) in [5.41, 5.74) is 2.15. The van der Waals surface area contributed by atoms with Crippen molar-refractivity contribution in [2.75, 3.05) is 24.5 Å². The molecule has 1 saturated heterocycles. The van der Waals surface area contributed by atoms with Gasteiger partial charge in [0.2, 0.25) is 5.91 Å². The summed E-state index contributed by atoms with van der Waals surface area (Å²) in [5.74, 6) is 1.83. The zero-order valence-electron chi connectivity index (χ0n) is 18.2. The number of hydrogen-bond acceptors (Lipinski definition) is 7. The highest BCUT2D eigenvalue weighted by molar-refractivity contribution is 7.13. The number of carbonyl (C=O) groups excluding carboxylic acids is 1. The number of aromatic nitrogens is 5. The normalized spacial score (nSPS) is 14.4. The van der Waals surface area contributed by atoms with E-state index in [-0.39, 0.29) is 11.8 Å². The van der Waals surface area contributed by atoms with Crippen molar-refractivity contribution < 1.29 is 4.79 Å². The molecular weight excluding hydrogens is 434 g/mol. The average Bonchev–Trinajstić information content (AvgIpc) is 3.58. The monoisotopic (exact) mass is 459 g/mol. The number of anilines is 1. The number of hydrogen-bond donors (Lipinski definition) is 1. The van der Waals surface area contributed by atoms with Crippen LogP contribution in [0.3, 0.4) is 0 Å². The standard InChI is InChI=1S/C24H25N7OS/c32-23(26-9-6-20-15-33-24(29-20)19-4-2-1-3-5-19)18-7-11-30(12-8-18)21-14-22(28-16-27-21)31-13-10-25-17-31/h1-5,10,13-18H,6-9,11-12H2,(H,26,32). The molecule has 1 aromatic carbocycles. The first-order valence-corrected chi connectivity index (χ1v) is 12.0. The Balaban J connectivity index is 1.09. The molecule has 0 unspecified atom stereocenters. The van der Waals surface area contributed by atoms with Crippen LogP contribution in [-0.4, -0.2) is 50.0 Å². The summed E-state index contributed by atoms with van der Waals surface area (Å²) >= 11 is 1.64. The predicted molar refractivity (Wildman–Crippen MR) is 128 cm³/mol. The molecule has 3 aromatic heterocycles. The number of imidazole rings is 1. The Morgan fingerprint density at radius 1 is 1.12 bits per heavy atom. The van der Waals surface area contributed by atoms with Crippen LogP contribution in [0, 0.1) is 5.92 Å². The van der Waals surface area contributed by atoms with Crippen LogP contribution in [0.15, 0.2) is 66.8 Å². The molecule has 1 amide bonds. The van der Waals surface area contributed by atoms with Gasteiger partial charge in [-0.1, -0.05) is 30.3 Å². The minimum Gasteiger partial charge on any atom is -0.356 e. The Kier molecular flexibility index (Phi) is 6.39. The molecule has 0 saturated carbocycles. The minimum absolute atomic E-state index is 0.0338. The number of nitrogens with zero attached hydrogens (tertiary/aromatic N) is 6. The van der Waals surface area contributed by atoms with Crippen molar-refractivity contribution in [1.82, 2.24) is 29.8 Å². The third-order valence-corrected chi connectivity index (χ3v) is 6.79. The Bertz CT molecular complexity index is 1180. The molecule has 1 aliphatic heterocycles. The molecule has 33 heavy (non-hydrogen) atoms. The van der Waals surface area contributed by atoms with Gasteiger partial charge in [-0.15, -0.1) is 11.3 Å². The van der Waals surface area contributed by atoms with Crippen LogP contribution in [0.2, 0.25) is 0 Å². The number of carbonyl (C=O) groups is 1. The maximum Gasteiger partial charge on any atom is 0.223 e. The van der Waals surface area contributed by atoms with Gasteiger partial charge >= 0.3 is 0 Å². The Morgan fingerprint density at radius 3 is 2.73 bits per heavy atom. The fraction of sp³-hybridized carbons (Fsp3) is 0.292. The highest BCUT2D eigenvalue weighted by atomic mass is 32.1. The summed E-state index contributed by atoms with van der Waals surface area (Å²) < 4.78 is 1.86. The number of benzene rings is 1. The summed E-state index contributed by atoms with van der Waals surface area (Å²) in [6.07, 6.45) is 9.24. The second kappa shape index (κ2) is 9.91. The van der Waals surface area contributed by atoms with Crippen molar-refractivity contribution in [2.24, 2.45) is 5.92 Å². The van der Waals surface area contributed by atoms with Crippen molar-refractivity contribution >= 4 is 23.1 Å². The first-order chi connectivity index (χ1) is 16.3. The van der Waals surface area contributed by atoms with Crippen LogP contribution in [0.1, 0.15) is 18.5 Å². The van der Waals surface area contributed by atoms with E-state index in [2.05, 4.69) is 42.7 Å². The molecule has 1 fully saturated rings. The van der Waals surface area contributed by atoms with E-state index in [0.717, 1.165) is 60.3 Å². The second-order valence-corrected chi connectivity index (χ2v) is 8.87. The SMILES string of the molecule is O=C(NCCc1csc(-c2ccccc2)n1)C1CCN(c2cc(-n3ccnc3)ncn2)CC1. The summed E-state index contributed by atoms with van der Waals surface area (Å²) in [5, 5.41) is 6.20. The topological polar surface area (TPSA) is 88.8 Å². The fourth-order valence-corrected chi connectivity index (χ4v) is 4.87. The largest absolute Gasteiger partial charge is 0.356 e. The summed E-state index contributed by atoms with van der Waals surface area (Å²) in [6.45, 7) is 2.20. The molecule has 1 aliphatic rings. The van der Waals surface area contributed by atoms with Gasteiger partial charge in [-0.25, -0.2) is 19.9 Å².